The van der Waals surface area contributed by atoms with Gasteiger partial charge >= 0.3 is 0 Å². The Bertz CT molecular complexity index is 949. The quantitative estimate of drug-likeness (QED) is 0.640. The van der Waals surface area contributed by atoms with Gasteiger partial charge in [0.1, 0.15) is 11.5 Å². The first-order chi connectivity index (χ1) is 13.0. The lowest BCUT2D eigenvalue weighted by Crippen LogP contribution is -2.20. The van der Waals surface area contributed by atoms with Crippen LogP contribution in [0.3, 0.4) is 0 Å². The van der Waals surface area contributed by atoms with Gasteiger partial charge in [-0.25, -0.2) is 0 Å². The highest BCUT2D eigenvalue weighted by atomic mass is 16.5. The number of rotatable bonds is 6. The molecule has 4 heteroatoms. The second-order valence-corrected chi connectivity index (χ2v) is 6.85. The Morgan fingerprint density at radius 2 is 1.63 bits per heavy atom. The molecule has 0 bridgehead atoms. The SMILES string of the molecule is COc1ccc2cc([C@H](C)C(=O)Nc3ccccc3OC(C)C)ccc2c1. The van der Waals surface area contributed by atoms with Crippen molar-refractivity contribution in [2.24, 2.45) is 0 Å². The van der Waals surface area contributed by atoms with Gasteiger partial charge in [-0.15, -0.1) is 0 Å². The second kappa shape index (κ2) is 8.12. The minimum Gasteiger partial charge on any atom is -0.497 e. The van der Waals surface area contributed by atoms with Crippen LogP contribution in [0.5, 0.6) is 11.5 Å². The first kappa shape index (κ1) is 18.8. The molecule has 1 amide bonds. The third-order valence-electron chi connectivity index (χ3n) is 4.47. The van der Waals surface area contributed by atoms with Crippen molar-refractivity contribution >= 4 is 22.4 Å². The van der Waals surface area contributed by atoms with E-state index in [1.54, 1.807) is 7.11 Å². The summed E-state index contributed by atoms with van der Waals surface area (Å²) in [7, 11) is 1.66. The third kappa shape index (κ3) is 4.40. The van der Waals surface area contributed by atoms with E-state index in [9.17, 15) is 4.79 Å². The molecule has 140 valence electrons. The van der Waals surface area contributed by atoms with Crippen molar-refractivity contribution < 1.29 is 14.3 Å². The Morgan fingerprint density at radius 3 is 2.37 bits per heavy atom. The Kier molecular flexibility index (Phi) is 5.65. The van der Waals surface area contributed by atoms with Crippen molar-refractivity contribution in [2.45, 2.75) is 32.8 Å². The van der Waals surface area contributed by atoms with Gasteiger partial charge in [0.25, 0.3) is 0 Å². The molecule has 3 aromatic rings. The van der Waals surface area contributed by atoms with Crippen LogP contribution in [0.25, 0.3) is 10.8 Å². The Hall–Kier alpha value is -3.01. The molecule has 3 aromatic carbocycles. The molecule has 4 nitrogen and oxygen atoms in total. The van der Waals surface area contributed by atoms with Gasteiger partial charge in [-0.1, -0.05) is 36.4 Å². The van der Waals surface area contributed by atoms with E-state index >= 15 is 0 Å². The van der Waals surface area contributed by atoms with Gasteiger partial charge in [0.05, 0.1) is 24.8 Å². The van der Waals surface area contributed by atoms with Crippen molar-refractivity contribution in [3.05, 3.63) is 66.2 Å². The molecule has 1 N–H and O–H groups in total. The molecule has 0 spiro atoms. The predicted octanol–water partition coefficient (Wildman–Crippen LogP) is 5.38. The van der Waals surface area contributed by atoms with Gasteiger partial charge in [0.2, 0.25) is 5.91 Å². The van der Waals surface area contributed by atoms with Crippen LogP contribution in [-0.4, -0.2) is 19.1 Å². The summed E-state index contributed by atoms with van der Waals surface area (Å²) >= 11 is 0. The van der Waals surface area contributed by atoms with Crippen LogP contribution in [0.15, 0.2) is 60.7 Å². The summed E-state index contributed by atoms with van der Waals surface area (Å²) in [5.74, 6) is 1.15. The van der Waals surface area contributed by atoms with Gasteiger partial charge in [-0.3, -0.25) is 4.79 Å². The number of para-hydroxylation sites is 2. The minimum atomic E-state index is -0.288. The zero-order chi connectivity index (χ0) is 19.4. The van der Waals surface area contributed by atoms with Crippen molar-refractivity contribution in [2.75, 3.05) is 12.4 Å². The number of methoxy groups -OCH3 is 1. The van der Waals surface area contributed by atoms with Gasteiger partial charge in [0, 0.05) is 0 Å². The number of benzene rings is 3. The second-order valence-electron chi connectivity index (χ2n) is 6.85. The van der Waals surface area contributed by atoms with E-state index < -0.39 is 0 Å². The van der Waals surface area contributed by atoms with E-state index in [-0.39, 0.29) is 17.9 Å². The highest BCUT2D eigenvalue weighted by Crippen LogP contribution is 2.28. The van der Waals surface area contributed by atoms with E-state index in [0.29, 0.717) is 11.4 Å². The van der Waals surface area contributed by atoms with Crippen molar-refractivity contribution in [3.8, 4) is 11.5 Å². The lowest BCUT2D eigenvalue weighted by Gasteiger charge is -2.17. The number of hydrogen-bond acceptors (Lipinski definition) is 3. The summed E-state index contributed by atoms with van der Waals surface area (Å²) in [6, 6.07) is 19.5. The fraction of sp³-hybridized carbons (Fsp3) is 0.261. The number of carbonyl (C=O) groups is 1. The molecule has 0 aliphatic carbocycles. The zero-order valence-corrected chi connectivity index (χ0v) is 16.2. The number of nitrogens with one attached hydrogen (secondary N) is 1. The van der Waals surface area contributed by atoms with Gasteiger partial charge in [-0.2, -0.15) is 0 Å². The summed E-state index contributed by atoms with van der Waals surface area (Å²) < 4.78 is 11.1. The maximum atomic E-state index is 12.8. The fourth-order valence-electron chi connectivity index (χ4n) is 2.96. The molecule has 0 heterocycles. The minimum absolute atomic E-state index is 0.0398. The number of ether oxygens (including phenoxy) is 2. The summed E-state index contributed by atoms with van der Waals surface area (Å²) in [5, 5.41) is 5.16. The van der Waals surface area contributed by atoms with Crippen molar-refractivity contribution in [1.29, 1.82) is 0 Å². The van der Waals surface area contributed by atoms with Crippen LogP contribution in [-0.2, 0) is 4.79 Å². The van der Waals surface area contributed by atoms with Crippen LogP contribution in [0.2, 0.25) is 0 Å². The van der Waals surface area contributed by atoms with E-state index in [2.05, 4.69) is 11.4 Å². The number of hydrogen-bond donors (Lipinski definition) is 1. The van der Waals surface area contributed by atoms with Crippen molar-refractivity contribution in [1.82, 2.24) is 0 Å². The molecule has 0 aliphatic heterocycles. The summed E-state index contributed by atoms with van der Waals surface area (Å²) in [6.07, 6.45) is 0.0398. The topological polar surface area (TPSA) is 47.6 Å². The average molecular weight is 363 g/mol. The highest BCUT2D eigenvalue weighted by Gasteiger charge is 2.17. The summed E-state index contributed by atoms with van der Waals surface area (Å²) in [4.78, 5) is 12.8. The monoisotopic (exact) mass is 363 g/mol. The fourth-order valence-corrected chi connectivity index (χ4v) is 2.96. The molecule has 0 saturated carbocycles. The normalized spacial score (nSPS) is 12.0. The van der Waals surface area contributed by atoms with E-state index in [4.69, 9.17) is 9.47 Å². The molecule has 0 unspecified atom stereocenters. The predicted molar refractivity (Wildman–Crippen MR) is 110 cm³/mol. The van der Waals surface area contributed by atoms with Crippen LogP contribution in [0.1, 0.15) is 32.3 Å². The summed E-state index contributed by atoms with van der Waals surface area (Å²) in [5.41, 5.74) is 1.65. The lowest BCUT2D eigenvalue weighted by atomic mass is 9.97. The first-order valence-electron chi connectivity index (χ1n) is 9.12. The molecule has 3 rings (SSSR count). The van der Waals surface area contributed by atoms with Crippen molar-refractivity contribution in [3.63, 3.8) is 0 Å². The molecule has 27 heavy (non-hydrogen) atoms. The molecule has 0 radical (unpaired) electrons. The first-order valence-corrected chi connectivity index (χ1v) is 9.12. The molecule has 0 aromatic heterocycles. The molecule has 0 aliphatic rings. The van der Waals surface area contributed by atoms with Crippen LogP contribution in [0.4, 0.5) is 5.69 Å². The lowest BCUT2D eigenvalue weighted by molar-refractivity contribution is -0.117. The Morgan fingerprint density at radius 1 is 0.926 bits per heavy atom. The maximum Gasteiger partial charge on any atom is 0.231 e. The van der Waals surface area contributed by atoms with Gasteiger partial charge < -0.3 is 14.8 Å². The Labute approximate surface area is 160 Å². The van der Waals surface area contributed by atoms with Gasteiger partial charge in [-0.05, 0) is 61.4 Å². The maximum absolute atomic E-state index is 12.8. The average Bonchev–Trinajstić information content (AvgIpc) is 2.67. The number of carbonyl (C=O) groups excluding carboxylic acids is 1. The van der Waals surface area contributed by atoms with Crippen LogP contribution >= 0.6 is 0 Å². The third-order valence-corrected chi connectivity index (χ3v) is 4.47. The smallest absolute Gasteiger partial charge is 0.231 e. The Balaban J connectivity index is 1.80. The molecular formula is C23H25NO3. The molecule has 0 saturated heterocycles. The highest BCUT2D eigenvalue weighted by molar-refractivity contribution is 5.97. The molecule has 1 atom stereocenters. The van der Waals surface area contributed by atoms with E-state index in [0.717, 1.165) is 22.1 Å². The molecule has 0 fully saturated rings. The number of amides is 1. The molecular weight excluding hydrogens is 338 g/mol. The standard InChI is InChI=1S/C23H25NO3/c1-15(2)27-22-8-6-5-7-21(22)24-23(25)16(3)17-9-10-19-14-20(26-4)12-11-18(19)13-17/h5-16H,1-4H3,(H,24,25)/t16-/m0/s1. The van der Waals surface area contributed by atoms with Crippen LogP contribution < -0.4 is 14.8 Å². The number of anilines is 1. The van der Waals surface area contributed by atoms with Crippen LogP contribution in [0, 0.1) is 0 Å². The van der Waals surface area contributed by atoms with Gasteiger partial charge in [0.15, 0.2) is 0 Å². The van der Waals surface area contributed by atoms with E-state index in [1.807, 2.05) is 75.4 Å². The van der Waals surface area contributed by atoms with E-state index in [1.165, 1.54) is 0 Å². The number of fused-ring (bicyclic) bond motifs is 1. The zero-order valence-electron chi connectivity index (χ0n) is 16.2. The largest absolute Gasteiger partial charge is 0.497 e. The summed E-state index contributed by atoms with van der Waals surface area (Å²) in [6.45, 7) is 5.84.